The van der Waals surface area contributed by atoms with Crippen molar-refractivity contribution in [3.63, 3.8) is 0 Å². The number of thioether (sulfide) groups is 1. The Morgan fingerprint density at radius 2 is 2.03 bits per heavy atom. The highest BCUT2D eigenvalue weighted by Crippen LogP contribution is 2.38. The summed E-state index contributed by atoms with van der Waals surface area (Å²) in [5.74, 6) is -0.533. The Morgan fingerprint density at radius 1 is 1.27 bits per heavy atom. The molecule has 11 heteroatoms. The number of nitrogens with zero attached hydrogens (tertiary/aromatic N) is 2. The number of hydrogen-bond acceptors (Lipinski definition) is 7. The fourth-order valence-corrected chi connectivity index (χ4v) is 5.18. The Kier molecular flexibility index (Phi) is 5.67. The molecule has 9 nitrogen and oxygen atoms in total. The SMILES string of the molecule is Cc1ccc(NS(=O)(=O)c2ccc3c(c2)NC(=O)C(C(=O)N2CCOCC2)S3)nc1. The number of carbonyl (C=O) groups excluding carboxylic acids is 2. The van der Waals surface area contributed by atoms with E-state index in [0.717, 1.165) is 17.3 Å². The van der Waals surface area contributed by atoms with Gasteiger partial charge in [-0.25, -0.2) is 13.4 Å². The van der Waals surface area contributed by atoms with Crippen LogP contribution in [0.15, 0.2) is 46.3 Å². The fourth-order valence-electron chi connectivity index (χ4n) is 3.09. The van der Waals surface area contributed by atoms with Crippen molar-refractivity contribution in [3.05, 3.63) is 42.1 Å². The molecule has 0 aliphatic carbocycles. The average Bonchev–Trinajstić information content (AvgIpc) is 2.74. The molecule has 2 aliphatic rings. The zero-order valence-electron chi connectivity index (χ0n) is 16.1. The second-order valence-electron chi connectivity index (χ2n) is 6.91. The molecule has 2 aromatic rings. The first-order valence-corrected chi connectivity index (χ1v) is 11.6. The van der Waals surface area contributed by atoms with Crippen LogP contribution in [0.2, 0.25) is 0 Å². The third kappa shape index (κ3) is 4.27. The molecular weight excluding hydrogens is 428 g/mol. The molecule has 3 heterocycles. The summed E-state index contributed by atoms with van der Waals surface area (Å²) in [5.41, 5.74) is 1.27. The van der Waals surface area contributed by atoms with E-state index >= 15 is 0 Å². The Labute approximate surface area is 178 Å². The van der Waals surface area contributed by atoms with E-state index in [1.165, 1.54) is 12.1 Å². The number of sulfonamides is 1. The molecule has 0 bridgehead atoms. The van der Waals surface area contributed by atoms with Crippen molar-refractivity contribution in [3.8, 4) is 0 Å². The predicted octanol–water partition coefficient (Wildman–Crippen LogP) is 1.46. The summed E-state index contributed by atoms with van der Waals surface area (Å²) in [6.07, 6.45) is 1.56. The van der Waals surface area contributed by atoms with E-state index in [1.54, 1.807) is 29.3 Å². The number of aryl methyl sites for hydroxylation is 1. The quantitative estimate of drug-likeness (QED) is 0.680. The number of rotatable bonds is 4. The highest BCUT2D eigenvalue weighted by molar-refractivity contribution is 8.01. The molecule has 1 fully saturated rings. The minimum atomic E-state index is -3.89. The summed E-state index contributed by atoms with van der Waals surface area (Å²) in [5, 5.41) is 1.76. The number of pyridine rings is 1. The number of carbonyl (C=O) groups is 2. The lowest BCUT2D eigenvalue weighted by molar-refractivity contribution is -0.137. The highest BCUT2D eigenvalue weighted by Gasteiger charge is 2.36. The summed E-state index contributed by atoms with van der Waals surface area (Å²) in [7, 11) is -3.89. The molecule has 30 heavy (non-hydrogen) atoms. The molecule has 4 rings (SSSR count). The molecule has 0 radical (unpaired) electrons. The van der Waals surface area contributed by atoms with E-state index < -0.39 is 21.2 Å². The number of nitrogens with one attached hydrogen (secondary N) is 2. The standard InChI is InChI=1S/C19H20N4O5S2/c1-12-2-5-16(20-11-12)22-30(26,27)13-3-4-15-14(10-13)21-18(24)17(29-15)19(25)23-6-8-28-9-7-23/h2-5,10-11,17H,6-9H2,1H3,(H,20,22)(H,21,24). The summed E-state index contributed by atoms with van der Waals surface area (Å²) in [6.45, 7) is 3.65. The lowest BCUT2D eigenvalue weighted by atomic mass is 10.2. The van der Waals surface area contributed by atoms with Gasteiger partial charge >= 0.3 is 0 Å². The molecule has 1 atom stereocenters. The van der Waals surface area contributed by atoms with E-state index in [4.69, 9.17) is 4.74 Å². The van der Waals surface area contributed by atoms with Gasteiger partial charge in [-0.05, 0) is 36.8 Å². The molecule has 1 aromatic heterocycles. The van der Waals surface area contributed by atoms with Crippen molar-refractivity contribution in [1.82, 2.24) is 9.88 Å². The fraction of sp³-hybridized carbons (Fsp3) is 0.316. The number of benzene rings is 1. The van der Waals surface area contributed by atoms with Crippen molar-refractivity contribution < 1.29 is 22.7 Å². The van der Waals surface area contributed by atoms with Gasteiger partial charge in [0.25, 0.3) is 10.0 Å². The number of aromatic nitrogens is 1. The van der Waals surface area contributed by atoms with Crippen LogP contribution < -0.4 is 10.0 Å². The number of hydrogen-bond donors (Lipinski definition) is 2. The van der Waals surface area contributed by atoms with Crippen LogP contribution in [0.5, 0.6) is 0 Å². The number of amides is 2. The van der Waals surface area contributed by atoms with Crippen molar-refractivity contribution in [1.29, 1.82) is 0 Å². The second-order valence-corrected chi connectivity index (χ2v) is 9.74. The Bertz CT molecular complexity index is 1080. The normalized spacial score (nSPS) is 19.0. The first-order chi connectivity index (χ1) is 14.3. The molecule has 2 aliphatic heterocycles. The molecule has 0 saturated carbocycles. The molecule has 1 aromatic carbocycles. The van der Waals surface area contributed by atoms with Gasteiger partial charge in [-0.1, -0.05) is 6.07 Å². The third-order valence-corrected chi connectivity index (χ3v) is 7.31. The predicted molar refractivity (Wildman–Crippen MR) is 112 cm³/mol. The van der Waals surface area contributed by atoms with E-state index in [1.807, 2.05) is 6.92 Å². The van der Waals surface area contributed by atoms with Crippen LogP contribution in [0.3, 0.4) is 0 Å². The highest BCUT2D eigenvalue weighted by atomic mass is 32.2. The molecule has 1 unspecified atom stereocenters. The summed E-state index contributed by atoms with van der Waals surface area (Å²) < 4.78 is 33.0. The maximum Gasteiger partial charge on any atom is 0.263 e. The number of ether oxygens (including phenoxy) is 1. The van der Waals surface area contributed by atoms with Crippen molar-refractivity contribution in [2.24, 2.45) is 0 Å². The van der Waals surface area contributed by atoms with Gasteiger partial charge in [0.15, 0.2) is 5.25 Å². The first-order valence-electron chi connectivity index (χ1n) is 9.27. The van der Waals surface area contributed by atoms with Crippen LogP contribution in [0.1, 0.15) is 5.56 Å². The zero-order chi connectivity index (χ0) is 21.3. The lowest BCUT2D eigenvalue weighted by Gasteiger charge is -2.31. The molecule has 2 N–H and O–H groups in total. The monoisotopic (exact) mass is 448 g/mol. The van der Waals surface area contributed by atoms with E-state index in [-0.39, 0.29) is 16.6 Å². The smallest absolute Gasteiger partial charge is 0.263 e. The summed E-state index contributed by atoms with van der Waals surface area (Å²) in [6, 6.07) is 7.74. The van der Waals surface area contributed by atoms with Gasteiger partial charge in [0.2, 0.25) is 11.8 Å². The van der Waals surface area contributed by atoms with Gasteiger partial charge in [-0.15, -0.1) is 11.8 Å². The van der Waals surface area contributed by atoms with Crippen LogP contribution in [0, 0.1) is 6.92 Å². The van der Waals surface area contributed by atoms with Crippen LogP contribution >= 0.6 is 11.8 Å². The number of fused-ring (bicyclic) bond motifs is 1. The Hall–Kier alpha value is -2.63. The number of anilines is 2. The Morgan fingerprint density at radius 3 is 2.73 bits per heavy atom. The maximum absolute atomic E-state index is 12.7. The minimum absolute atomic E-state index is 0.0116. The van der Waals surface area contributed by atoms with Gasteiger partial charge < -0.3 is 15.0 Å². The van der Waals surface area contributed by atoms with Gasteiger partial charge in [-0.2, -0.15) is 0 Å². The largest absolute Gasteiger partial charge is 0.378 e. The van der Waals surface area contributed by atoms with Gasteiger partial charge in [0.05, 0.1) is 23.8 Å². The van der Waals surface area contributed by atoms with Crippen molar-refractivity contribution >= 4 is 45.1 Å². The Balaban J connectivity index is 1.53. The van der Waals surface area contributed by atoms with Crippen LogP contribution in [-0.2, 0) is 24.3 Å². The maximum atomic E-state index is 12.7. The topological polar surface area (TPSA) is 118 Å². The number of morpholine rings is 1. The molecule has 158 valence electrons. The third-order valence-electron chi connectivity index (χ3n) is 4.70. The van der Waals surface area contributed by atoms with Crippen molar-refractivity contribution in [2.75, 3.05) is 36.3 Å². The van der Waals surface area contributed by atoms with E-state index in [0.29, 0.717) is 36.9 Å². The summed E-state index contributed by atoms with van der Waals surface area (Å²) >= 11 is 1.12. The first kappa shape index (κ1) is 20.6. The minimum Gasteiger partial charge on any atom is -0.378 e. The van der Waals surface area contributed by atoms with Crippen molar-refractivity contribution in [2.45, 2.75) is 22.0 Å². The zero-order valence-corrected chi connectivity index (χ0v) is 17.8. The second kappa shape index (κ2) is 8.25. The van der Waals surface area contributed by atoms with E-state index in [9.17, 15) is 18.0 Å². The van der Waals surface area contributed by atoms with Gasteiger partial charge in [-0.3, -0.25) is 14.3 Å². The molecule has 1 saturated heterocycles. The molecule has 2 amide bonds. The molecule has 0 spiro atoms. The van der Waals surface area contributed by atoms with Gasteiger partial charge in [0.1, 0.15) is 5.82 Å². The van der Waals surface area contributed by atoms with Crippen LogP contribution in [-0.4, -0.2) is 61.7 Å². The average molecular weight is 449 g/mol. The summed E-state index contributed by atoms with van der Waals surface area (Å²) in [4.78, 5) is 31.5. The van der Waals surface area contributed by atoms with Crippen LogP contribution in [0.4, 0.5) is 11.5 Å². The molecular formula is C19H20N4O5S2. The lowest BCUT2D eigenvalue weighted by Crippen LogP contribution is -2.49. The van der Waals surface area contributed by atoms with E-state index in [2.05, 4.69) is 15.0 Å². The van der Waals surface area contributed by atoms with Crippen LogP contribution in [0.25, 0.3) is 0 Å². The van der Waals surface area contributed by atoms with Gasteiger partial charge in [0, 0.05) is 24.2 Å².